The summed E-state index contributed by atoms with van der Waals surface area (Å²) < 4.78 is 1.16. The van der Waals surface area contributed by atoms with Crippen molar-refractivity contribution in [1.29, 1.82) is 0 Å². The van der Waals surface area contributed by atoms with Gasteiger partial charge in [0.25, 0.3) is 0 Å². The van der Waals surface area contributed by atoms with E-state index in [1.54, 1.807) is 0 Å². The first kappa shape index (κ1) is 10.6. The van der Waals surface area contributed by atoms with Crippen molar-refractivity contribution in [1.82, 2.24) is 4.90 Å². The standard InChI is InChI=1S/C13H17BrN2/c1-15-8-10-6-7-16(13(10)9-15)12-4-2-11(14)3-5-12/h2-5,10,13H,6-9H2,1H3. The van der Waals surface area contributed by atoms with Crippen molar-refractivity contribution in [2.75, 3.05) is 31.6 Å². The first-order valence-electron chi connectivity index (χ1n) is 5.95. The topological polar surface area (TPSA) is 6.48 Å². The quantitative estimate of drug-likeness (QED) is 0.780. The molecule has 1 aromatic rings. The Morgan fingerprint density at radius 3 is 2.69 bits per heavy atom. The molecular formula is C13H17BrN2. The first-order chi connectivity index (χ1) is 7.74. The summed E-state index contributed by atoms with van der Waals surface area (Å²) in [5.41, 5.74) is 1.38. The van der Waals surface area contributed by atoms with Crippen molar-refractivity contribution in [2.45, 2.75) is 12.5 Å². The highest BCUT2D eigenvalue weighted by molar-refractivity contribution is 9.10. The van der Waals surface area contributed by atoms with Crippen LogP contribution >= 0.6 is 15.9 Å². The fourth-order valence-corrected chi connectivity index (χ4v) is 3.39. The number of benzene rings is 1. The first-order valence-corrected chi connectivity index (χ1v) is 6.74. The number of likely N-dealkylation sites (N-methyl/N-ethyl adjacent to an activating group) is 1. The predicted molar refractivity (Wildman–Crippen MR) is 70.9 cm³/mol. The molecule has 16 heavy (non-hydrogen) atoms. The van der Waals surface area contributed by atoms with E-state index in [2.05, 4.69) is 57.0 Å². The summed E-state index contributed by atoms with van der Waals surface area (Å²) in [5, 5.41) is 0. The Morgan fingerprint density at radius 1 is 1.19 bits per heavy atom. The van der Waals surface area contributed by atoms with Crippen LogP contribution in [0.5, 0.6) is 0 Å². The lowest BCUT2D eigenvalue weighted by Crippen LogP contribution is -2.34. The molecule has 2 aliphatic rings. The van der Waals surface area contributed by atoms with Crippen molar-refractivity contribution in [3.05, 3.63) is 28.7 Å². The van der Waals surface area contributed by atoms with Crippen LogP contribution in [0, 0.1) is 5.92 Å². The molecule has 2 fully saturated rings. The molecule has 0 bridgehead atoms. The minimum atomic E-state index is 0.742. The molecule has 2 heterocycles. The average Bonchev–Trinajstić information content (AvgIpc) is 2.78. The molecule has 1 aromatic carbocycles. The highest BCUT2D eigenvalue weighted by atomic mass is 79.9. The molecule has 0 aliphatic carbocycles. The van der Waals surface area contributed by atoms with Gasteiger partial charge in [-0.15, -0.1) is 0 Å². The number of fused-ring (bicyclic) bond motifs is 1. The molecular weight excluding hydrogens is 264 g/mol. The third kappa shape index (κ3) is 1.76. The lowest BCUT2D eigenvalue weighted by Gasteiger charge is -2.26. The third-order valence-electron chi connectivity index (χ3n) is 3.89. The van der Waals surface area contributed by atoms with E-state index in [4.69, 9.17) is 0 Å². The number of hydrogen-bond acceptors (Lipinski definition) is 2. The predicted octanol–water partition coefficient (Wildman–Crippen LogP) is 2.59. The van der Waals surface area contributed by atoms with Crippen LogP contribution in [-0.2, 0) is 0 Å². The van der Waals surface area contributed by atoms with Gasteiger partial charge < -0.3 is 9.80 Å². The Kier molecular flexibility index (Phi) is 2.68. The maximum atomic E-state index is 3.49. The van der Waals surface area contributed by atoms with Gasteiger partial charge >= 0.3 is 0 Å². The van der Waals surface area contributed by atoms with Gasteiger partial charge in [-0.2, -0.15) is 0 Å². The molecule has 2 aliphatic heterocycles. The summed E-state index contributed by atoms with van der Waals surface area (Å²) in [6, 6.07) is 9.48. The van der Waals surface area contributed by atoms with Crippen LogP contribution in [0.15, 0.2) is 28.7 Å². The second kappa shape index (κ2) is 4.04. The van der Waals surface area contributed by atoms with Gasteiger partial charge in [-0.25, -0.2) is 0 Å². The van der Waals surface area contributed by atoms with E-state index in [0.717, 1.165) is 16.4 Å². The molecule has 0 amide bonds. The van der Waals surface area contributed by atoms with Crippen LogP contribution in [0.2, 0.25) is 0 Å². The maximum Gasteiger partial charge on any atom is 0.0457 e. The van der Waals surface area contributed by atoms with Gasteiger partial charge in [0, 0.05) is 35.8 Å². The van der Waals surface area contributed by atoms with E-state index >= 15 is 0 Å². The number of hydrogen-bond donors (Lipinski definition) is 0. The Hall–Kier alpha value is -0.540. The third-order valence-corrected chi connectivity index (χ3v) is 4.42. The van der Waals surface area contributed by atoms with Crippen molar-refractivity contribution < 1.29 is 0 Å². The molecule has 2 atom stereocenters. The summed E-state index contributed by atoms with van der Waals surface area (Å²) in [4.78, 5) is 5.04. The van der Waals surface area contributed by atoms with Gasteiger partial charge in [-0.05, 0) is 43.7 Å². The van der Waals surface area contributed by atoms with E-state index in [9.17, 15) is 0 Å². The van der Waals surface area contributed by atoms with Crippen LogP contribution in [0.4, 0.5) is 5.69 Å². The molecule has 3 heteroatoms. The normalized spacial score (nSPS) is 29.8. The second-order valence-corrected chi connectivity index (χ2v) is 5.92. The Bertz CT molecular complexity index is 376. The Morgan fingerprint density at radius 2 is 1.94 bits per heavy atom. The number of likely N-dealkylation sites (tertiary alicyclic amines) is 1. The SMILES string of the molecule is CN1CC2CCN(c3ccc(Br)cc3)C2C1. The lowest BCUT2D eigenvalue weighted by molar-refractivity contribution is 0.386. The minimum absolute atomic E-state index is 0.742. The van der Waals surface area contributed by atoms with Crippen LogP contribution < -0.4 is 4.90 Å². The van der Waals surface area contributed by atoms with Crippen LogP contribution in [0.25, 0.3) is 0 Å². The number of halogens is 1. The fraction of sp³-hybridized carbons (Fsp3) is 0.538. The van der Waals surface area contributed by atoms with Gasteiger partial charge in [0.05, 0.1) is 0 Å². The van der Waals surface area contributed by atoms with Gasteiger partial charge in [0.2, 0.25) is 0 Å². The van der Waals surface area contributed by atoms with E-state index in [1.165, 1.54) is 31.7 Å². The van der Waals surface area contributed by atoms with Crippen molar-refractivity contribution >= 4 is 21.6 Å². The summed E-state index contributed by atoms with van der Waals surface area (Å²) in [6.07, 6.45) is 1.35. The number of nitrogens with zero attached hydrogens (tertiary/aromatic N) is 2. The highest BCUT2D eigenvalue weighted by Crippen LogP contribution is 2.34. The summed E-state index contributed by atoms with van der Waals surface area (Å²) >= 11 is 3.49. The summed E-state index contributed by atoms with van der Waals surface area (Å²) in [7, 11) is 2.23. The Labute approximate surface area is 105 Å². The second-order valence-electron chi connectivity index (χ2n) is 5.01. The number of anilines is 1. The van der Waals surface area contributed by atoms with E-state index < -0.39 is 0 Å². The monoisotopic (exact) mass is 280 g/mol. The molecule has 0 saturated carbocycles. The summed E-state index contributed by atoms with van der Waals surface area (Å²) in [6.45, 7) is 3.73. The molecule has 3 rings (SSSR count). The van der Waals surface area contributed by atoms with Crippen molar-refractivity contribution in [3.63, 3.8) is 0 Å². The van der Waals surface area contributed by atoms with Crippen molar-refractivity contribution in [3.8, 4) is 0 Å². The van der Waals surface area contributed by atoms with Gasteiger partial charge in [0.1, 0.15) is 0 Å². The molecule has 0 aromatic heterocycles. The lowest BCUT2D eigenvalue weighted by atomic mass is 10.1. The smallest absolute Gasteiger partial charge is 0.0457 e. The van der Waals surface area contributed by atoms with Gasteiger partial charge in [-0.3, -0.25) is 0 Å². The van der Waals surface area contributed by atoms with E-state index in [-0.39, 0.29) is 0 Å². The molecule has 2 saturated heterocycles. The number of rotatable bonds is 1. The van der Waals surface area contributed by atoms with Crippen LogP contribution in [0.1, 0.15) is 6.42 Å². The zero-order valence-corrected chi connectivity index (χ0v) is 11.2. The van der Waals surface area contributed by atoms with Gasteiger partial charge in [-0.1, -0.05) is 15.9 Å². The molecule has 0 spiro atoms. The molecule has 2 nitrogen and oxygen atoms in total. The highest BCUT2D eigenvalue weighted by Gasteiger charge is 2.39. The molecule has 0 radical (unpaired) electrons. The van der Waals surface area contributed by atoms with Gasteiger partial charge in [0.15, 0.2) is 0 Å². The van der Waals surface area contributed by atoms with Crippen molar-refractivity contribution in [2.24, 2.45) is 5.92 Å². The van der Waals surface area contributed by atoms with Crippen LogP contribution in [0.3, 0.4) is 0 Å². The average molecular weight is 281 g/mol. The molecule has 86 valence electrons. The fourth-order valence-electron chi connectivity index (χ4n) is 3.13. The molecule has 0 N–H and O–H groups in total. The van der Waals surface area contributed by atoms with E-state index in [0.29, 0.717) is 0 Å². The largest absolute Gasteiger partial charge is 0.367 e. The Balaban J connectivity index is 1.83. The van der Waals surface area contributed by atoms with Crippen LogP contribution in [-0.4, -0.2) is 37.6 Å². The zero-order chi connectivity index (χ0) is 11.1. The zero-order valence-electron chi connectivity index (χ0n) is 9.56. The minimum Gasteiger partial charge on any atom is -0.367 e. The van der Waals surface area contributed by atoms with E-state index in [1.807, 2.05) is 0 Å². The maximum absolute atomic E-state index is 3.49. The summed E-state index contributed by atoms with van der Waals surface area (Å²) in [5.74, 6) is 0.883. The molecule has 2 unspecified atom stereocenters.